The minimum Gasteiger partial charge on any atom is -0.393 e. The van der Waals surface area contributed by atoms with E-state index in [1.54, 1.807) is 0 Å². The van der Waals surface area contributed by atoms with Crippen LogP contribution < -0.4 is 5.32 Å². The number of sulfonamides is 1. The summed E-state index contributed by atoms with van der Waals surface area (Å²) in [6, 6.07) is 8.01. The zero-order valence-electron chi connectivity index (χ0n) is 14.3. The van der Waals surface area contributed by atoms with Gasteiger partial charge in [-0.15, -0.1) is 0 Å². The van der Waals surface area contributed by atoms with Gasteiger partial charge in [-0.05, 0) is 48.7 Å². The summed E-state index contributed by atoms with van der Waals surface area (Å²) >= 11 is 5.73. The van der Waals surface area contributed by atoms with Crippen LogP contribution in [0, 0.1) is 11.6 Å². The summed E-state index contributed by atoms with van der Waals surface area (Å²) in [5.41, 5.74) is 1.10. The number of nitrogens with one attached hydrogen (secondary N) is 1. The van der Waals surface area contributed by atoms with E-state index < -0.39 is 32.7 Å². The Labute approximate surface area is 161 Å². The van der Waals surface area contributed by atoms with Crippen molar-refractivity contribution in [3.05, 3.63) is 58.6 Å². The maximum atomic E-state index is 14.2. The first-order valence-corrected chi connectivity index (χ1v) is 10.2. The Morgan fingerprint density at radius 2 is 1.78 bits per heavy atom. The summed E-state index contributed by atoms with van der Waals surface area (Å²) in [4.78, 5) is -0.393. The molecule has 0 atom stereocenters. The summed E-state index contributed by atoms with van der Waals surface area (Å²) in [6.07, 6.45) is 0.125. The highest BCUT2D eigenvalue weighted by Gasteiger charge is 2.31. The SMILES string of the molecule is O=S(=O)(c1cc(CNc2ccc(F)c(Cl)c2)ccc1F)N1CCC(O)CC1. The molecule has 0 bridgehead atoms. The van der Waals surface area contributed by atoms with Crippen molar-refractivity contribution in [3.63, 3.8) is 0 Å². The molecule has 1 fully saturated rings. The first kappa shape index (κ1) is 20.0. The number of halogens is 3. The predicted octanol–water partition coefficient (Wildman–Crippen LogP) is 3.38. The normalized spacial score (nSPS) is 16.4. The number of hydrogen-bond acceptors (Lipinski definition) is 4. The van der Waals surface area contributed by atoms with Gasteiger partial charge in [0, 0.05) is 25.3 Å². The number of rotatable bonds is 5. The van der Waals surface area contributed by atoms with E-state index >= 15 is 0 Å². The Morgan fingerprint density at radius 1 is 1.11 bits per heavy atom. The summed E-state index contributed by atoms with van der Waals surface area (Å²) < 4.78 is 54.1. The number of benzene rings is 2. The number of aliphatic hydroxyl groups is 1. The van der Waals surface area contributed by atoms with Crippen molar-refractivity contribution in [3.8, 4) is 0 Å². The van der Waals surface area contributed by atoms with Crippen molar-refractivity contribution >= 4 is 27.3 Å². The van der Waals surface area contributed by atoms with Crippen LogP contribution in [0.25, 0.3) is 0 Å². The molecular formula is C18H19ClF2N2O3S. The topological polar surface area (TPSA) is 69.6 Å². The van der Waals surface area contributed by atoms with Crippen LogP contribution in [0.3, 0.4) is 0 Å². The van der Waals surface area contributed by atoms with Crippen LogP contribution in [0.4, 0.5) is 14.5 Å². The average molecular weight is 417 g/mol. The molecule has 1 heterocycles. The van der Waals surface area contributed by atoms with Crippen LogP contribution in [-0.4, -0.2) is 37.0 Å². The lowest BCUT2D eigenvalue weighted by Gasteiger charge is -2.29. The Kier molecular flexibility index (Phi) is 6.00. The molecule has 2 N–H and O–H groups in total. The molecule has 1 aliphatic heterocycles. The van der Waals surface area contributed by atoms with E-state index in [4.69, 9.17) is 11.6 Å². The molecule has 0 amide bonds. The molecule has 0 saturated carbocycles. The molecule has 1 aliphatic rings. The van der Waals surface area contributed by atoms with Gasteiger partial charge >= 0.3 is 0 Å². The van der Waals surface area contributed by atoms with Crippen molar-refractivity contribution < 1.29 is 22.3 Å². The van der Waals surface area contributed by atoms with Gasteiger partial charge < -0.3 is 10.4 Å². The van der Waals surface area contributed by atoms with Crippen LogP contribution >= 0.6 is 11.6 Å². The number of hydrogen-bond donors (Lipinski definition) is 2. The van der Waals surface area contributed by atoms with Gasteiger partial charge in [0.15, 0.2) is 0 Å². The summed E-state index contributed by atoms with van der Waals surface area (Å²) in [5, 5.41) is 12.5. The fraction of sp³-hybridized carbons (Fsp3) is 0.333. The van der Waals surface area contributed by atoms with E-state index in [1.165, 1.54) is 34.6 Å². The van der Waals surface area contributed by atoms with E-state index in [0.717, 1.165) is 6.07 Å². The van der Waals surface area contributed by atoms with Crippen molar-refractivity contribution in [1.29, 1.82) is 0 Å². The lowest BCUT2D eigenvalue weighted by atomic mass is 10.1. The van der Waals surface area contributed by atoms with Gasteiger partial charge in [-0.2, -0.15) is 4.31 Å². The molecule has 1 saturated heterocycles. The number of nitrogens with zero attached hydrogens (tertiary/aromatic N) is 1. The quantitative estimate of drug-likeness (QED) is 0.784. The Balaban J connectivity index is 1.78. The Morgan fingerprint density at radius 3 is 2.44 bits per heavy atom. The van der Waals surface area contributed by atoms with Gasteiger partial charge in [-0.1, -0.05) is 17.7 Å². The molecule has 2 aromatic carbocycles. The molecule has 2 aromatic rings. The second-order valence-electron chi connectivity index (χ2n) is 6.38. The third kappa shape index (κ3) is 4.57. The van der Waals surface area contributed by atoms with Crippen LogP contribution in [0.2, 0.25) is 5.02 Å². The lowest BCUT2D eigenvalue weighted by Crippen LogP contribution is -2.40. The molecule has 0 radical (unpaired) electrons. The molecule has 146 valence electrons. The van der Waals surface area contributed by atoms with Crippen molar-refractivity contribution in [2.24, 2.45) is 0 Å². The van der Waals surface area contributed by atoms with E-state index in [0.29, 0.717) is 24.1 Å². The smallest absolute Gasteiger partial charge is 0.245 e. The van der Waals surface area contributed by atoms with Gasteiger partial charge in [0.25, 0.3) is 0 Å². The van der Waals surface area contributed by atoms with Crippen LogP contribution in [-0.2, 0) is 16.6 Å². The fourth-order valence-electron chi connectivity index (χ4n) is 2.89. The summed E-state index contributed by atoms with van der Waals surface area (Å²) in [7, 11) is -3.99. The van der Waals surface area contributed by atoms with Crippen molar-refractivity contribution in [1.82, 2.24) is 4.31 Å². The van der Waals surface area contributed by atoms with Gasteiger partial charge in [-0.25, -0.2) is 17.2 Å². The van der Waals surface area contributed by atoms with Crippen molar-refractivity contribution in [2.45, 2.75) is 30.4 Å². The van der Waals surface area contributed by atoms with Gasteiger partial charge in [-0.3, -0.25) is 0 Å². The van der Waals surface area contributed by atoms with E-state index in [1.807, 2.05) is 0 Å². The van der Waals surface area contributed by atoms with Gasteiger partial charge in [0.05, 0.1) is 11.1 Å². The zero-order valence-corrected chi connectivity index (χ0v) is 15.9. The summed E-state index contributed by atoms with van der Waals surface area (Å²) in [6.45, 7) is 0.516. The Bertz CT molecular complexity index is 932. The largest absolute Gasteiger partial charge is 0.393 e. The standard InChI is InChI=1S/C18H19ClF2N2O3S/c19-15-10-13(2-4-16(15)20)22-11-12-1-3-17(21)18(9-12)27(25,26)23-7-5-14(24)6-8-23/h1-4,9-10,14,22,24H,5-8,11H2. The zero-order chi connectivity index (χ0) is 19.6. The minimum absolute atomic E-state index is 0.0327. The Hall–Kier alpha value is -1.74. The highest BCUT2D eigenvalue weighted by Crippen LogP contribution is 2.25. The highest BCUT2D eigenvalue weighted by atomic mass is 35.5. The predicted molar refractivity (Wildman–Crippen MR) is 99.1 cm³/mol. The lowest BCUT2D eigenvalue weighted by molar-refractivity contribution is 0.113. The maximum absolute atomic E-state index is 14.2. The first-order chi connectivity index (χ1) is 12.8. The van der Waals surface area contributed by atoms with Crippen LogP contribution in [0.1, 0.15) is 18.4 Å². The molecule has 0 aromatic heterocycles. The van der Waals surface area contributed by atoms with Crippen LogP contribution in [0.5, 0.6) is 0 Å². The molecular weight excluding hydrogens is 398 g/mol. The maximum Gasteiger partial charge on any atom is 0.245 e. The summed E-state index contributed by atoms with van der Waals surface area (Å²) in [5.74, 6) is -1.36. The molecule has 0 aliphatic carbocycles. The third-order valence-corrected chi connectivity index (χ3v) is 6.66. The number of anilines is 1. The fourth-order valence-corrected chi connectivity index (χ4v) is 4.65. The second kappa shape index (κ2) is 8.10. The molecule has 9 heteroatoms. The van der Waals surface area contributed by atoms with Gasteiger partial charge in [0.1, 0.15) is 16.5 Å². The molecule has 0 spiro atoms. The molecule has 0 unspecified atom stereocenters. The first-order valence-electron chi connectivity index (χ1n) is 8.43. The van der Waals surface area contributed by atoms with Gasteiger partial charge in [0.2, 0.25) is 10.0 Å². The molecule has 3 rings (SSSR count). The molecule has 5 nitrogen and oxygen atoms in total. The minimum atomic E-state index is -3.99. The van der Waals surface area contributed by atoms with Crippen LogP contribution in [0.15, 0.2) is 41.3 Å². The van der Waals surface area contributed by atoms with E-state index in [-0.39, 0.29) is 24.7 Å². The van der Waals surface area contributed by atoms with Crippen molar-refractivity contribution in [2.75, 3.05) is 18.4 Å². The molecule has 27 heavy (non-hydrogen) atoms. The van der Waals surface area contributed by atoms with E-state index in [2.05, 4.69) is 5.32 Å². The van der Waals surface area contributed by atoms with E-state index in [9.17, 15) is 22.3 Å². The highest BCUT2D eigenvalue weighted by molar-refractivity contribution is 7.89. The second-order valence-corrected chi connectivity index (χ2v) is 8.70. The monoisotopic (exact) mass is 416 g/mol. The third-order valence-electron chi connectivity index (χ3n) is 4.45. The number of piperidine rings is 1. The number of aliphatic hydroxyl groups excluding tert-OH is 1. The average Bonchev–Trinajstić information content (AvgIpc) is 2.64.